The maximum absolute atomic E-state index is 2.61. The molecule has 0 aliphatic rings. The Hall–Kier alpha value is 0. The number of rotatable bonds is 23. The highest BCUT2D eigenvalue weighted by Gasteiger charge is 2.37. The Bertz CT molecular complexity index is 632. The Balaban J connectivity index is 5.31. The highest BCUT2D eigenvalue weighted by molar-refractivity contribution is 4.86. The molecule has 0 fully saturated rings. The van der Waals surface area contributed by atoms with Gasteiger partial charge in [0, 0.05) is 0 Å². The monoisotopic (exact) mass is 577 g/mol. The van der Waals surface area contributed by atoms with Gasteiger partial charge in [0.25, 0.3) is 0 Å². The van der Waals surface area contributed by atoms with Crippen LogP contribution in [0.5, 0.6) is 0 Å². The molecule has 0 aromatic rings. The Morgan fingerprint density at radius 3 is 1.29 bits per heavy atom. The van der Waals surface area contributed by atoms with E-state index in [0.717, 1.165) is 76.9 Å². The van der Waals surface area contributed by atoms with Crippen LogP contribution < -0.4 is 0 Å². The zero-order valence-electron chi connectivity index (χ0n) is 32.1. The summed E-state index contributed by atoms with van der Waals surface area (Å²) >= 11 is 0. The first-order valence-corrected chi connectivity index (χ1v) is 19.0. The van der Waals surface area contributed by atoms with E-state index in [2.05, 4.69) is 118 Å². The third-order valence-corrected chi connectivity index (χ3v) is 14.5. The van der Waals surface area contributed by atoms with Crippen molar-refractivity contribution in [3.8, 4) is 0 Å². The molecule has 0 rings (SSSR count). The zero-order valence-corrected chi connectivity index (χ0v) is 32.1. The van der Waals surface area contributed by atoms with Gasteiger partial charge < -0.3 is 0 Å². The molecule has 0 amide bonds. The van der Waals surface area contributed by atoms with Crippen LogP contribution in [-0.4, -0.2) is 0 Å². The van der Waals surface area contributed by atoms with E-state index in [1.807, 2.05) is 0 Å². The van der Waals surface area contributed by atoms with E-state index in [-0.39, 0.29) is 0 Å². The molecule has 0 saturated carbocycles. The van der Waals surface area contributed by atoms with E-state index in [0.29, 0.717) is 5.41 Å². The van der Waals surface area contributed by atoms with Crippen molar-refractivity contribution in [3.63, 3.8) is 0 Å². The Labute approximate surface area is 263 Å². The molecule has 248 valence electrons. The minimum atomic E-state index is 0.395. The number of unbranched alkanes of at least 4 members (excludes halogenated alkanes) is 2. The summed E-state index contributed by atoms with van der Waals surface area (Å²) in [4.78, 5) is 0. The van der Waals surface area contributed by atoms with Crippen molar-refractivity contribution in [2.75, 3.05) is 0 Å². The molecule has 0 nitrogen and oxygen atoms in total. The second-order valence-electron chi connectivity index (χ2n) is 16.9. The van der Waals surface area contributed by atoms with Crippen LogP contribution >= 0.6 is 0 Å². The van der Waals surface area contributed by atoms with E-state index in [9.17, 15) is 0 Å². The number of hydrogen-bond donors (Lipinski definition) is 0. The molecule has 0 heterocycles. The second-order valence-corrected chi connectivity index (χ2v) is 16.9. The zero-order chi connectivity index (χ0) is 32.1. The molecule has 0 aromatic heterocycles. The van der Waals surface area contributed by atoms with Crippen LogP contribution in [0.25, 0.3) is 0 Å². The van der Waals surface area contributed by atoms with E-state index in [1.165, 1.54) is 64.2 Å². The average Bonchev–Trinajstić information content (AvgIpc) is 2.97. The van der Waals surface area contributed by atoms with Crippen molar-refractivity contribution < 1.29 is 0 Å². The molecule has 0 aliphatic heterocycles. The second kappa shape index (κ2) is 20.1. The van der Waals surface area contributed by atoms with Crippen molar-refractivity contribution in [2.45, 2.75) is 182 Å². The molecule has 0 radical (unpaired) electrons. The summed E-state index contributed by atoms with van der Waals surface area (Å²) in [5.41, 5.74) is 0.395. The summed E-state index contributed by atoms with van der Waals surface area (Å²) in [5.74, 6) is 10.7. The van der Waals surface area contributed by atoms with E-state index >= 15 is 0 Å². The molecule has 0 heteroatoms. The summed E-state index contributed by atoms with van der Waals surface area (Å²) < 4.78 is 0. The molecule has 0 aromatic carbocycles. The molecule has 0 bridgehead atoms. The first kappa shape index (κ1) is 41.0. The quantitative estimate of drug-likeness (QED) is 0.106. The van der Waals surface area contributed by atoms with Crippen molar-refractivity contribution in [2.24, 2.45) is 82.3 Å². The first-order valence-electron chi connectivity index (χ1n) is 19.0. The number of hydrogen-bond acceptors (Lipinski definition) is 0. The lowest BCUT2D eigenvalue weighted by molar-refractivity contribution is 0.0635. The third kappa shape index (κ3) is 13.3. The van der Waals surface area contributed by atoms with Crippen LogP contribution in [0.3, 0.4) is 0 Å². The normalized spacial score (nSPS) is 22.5. The third-order valence-electron chi connectivity index (χ3n) is 14.5. The molecule has 0 N–H and O–H groups in total. The smallest absolute Gasteiger partial charge is 0.0326 e. The predicted molar refractivity (Wildman–Crippen MR) is 190 cm³/mol. The molecule has 0 saturated heterocycles. The standard InChI is InChI=1S/C41H84/c1-18-28(4)32(8)31(7)24-22-21-23-25-40(38(14)34(10)30(6)20-3)26-27-41(16,17)39(15)37(13)36(12)35(11)33(9)29(5)19-2/h28-40H,18-27H2,1-17H3. The molecule has 13 unspecified atom stereocenters. The predicted octanol–water partition coefficient (Wildman–Crippen LogP) is 14.2. The van der Waals surface area contributed by atoms with Crippen LogP contribution in [0.15, 0.2) is 0 Å². The van der Waals surface area contributed by atoms with Gasteiger partial charge in [-0.3, -0.25) is 0 Å². The Morgan fingerprint density at radius 2 is 0.805 bits per heavy atom. The molecule has 41 heavy (non-hydrogen) atoms. The van der Waals surface area contributed by atoms with Crippen LogP contribution in [0, 0.1) is 82.3 Å². The summed E-state index contributed by atoms with van der Waals surface area (Å²) in [6.45, 7) is 42.6. The first-order chi connectivity index (χ1) is 19.0. The largest absolute Gasteiger partial charge is 0.0651 e. The highest BCUT2D eigenvalue weighted by Crippen LogP contribution is 2.45. The minimum absolute atomic E-state index is 0.395. The topological polar surface area (TPSA) is 0 Å². The molecular formula is C41H84. The van der Waals surface area contributed by atoms with Gasteiger partial charge in [0.2, 0.25) is 0 Å². The Kier molecular flexibility index (Phi) is 20.1. The van der Waals surface area contributed by atoms with Gasteiger partial charge in [0.1, 0.15) is 0 Å². The van der Waals surface area contributed by atoms with Gasteiger partial charge in [-0.1, -0.05) is 169 Å². The highest BCUT2D eigenvalue weighted by atomic mass is 14.4. The van der Waals surface area contributed by atoms with Gasteiger partial charge in [-0.25, -0.2) is 0 Å². The molecule has 13 atom stereocenters. The van der Waals surface area contributed by atoms with Crippen molar-refractivity contribution in [1.82, 2.24) is 0 Å². The molecule has 0 aliphatic carbocycles. The van der Waals surface area contributed by atoms with Gasteiger partial charge in [-0.15, -0.1) is 0 Å². The fourth-order valence-corrected chi connectivity index (χ4v) is 8.03. The fraction of sp³-hybridized carbons (Fsp3) is 1.00. The van der Waals surface area contributed by atoms with Gasteiger partial charge >= 0.3 is 0 Å². The average molecular weight is 577 g/mol. The van der Waals surface area contributed by atoms with Gasteiger partial charge in [0.05, 0.1) is 0 Å². The van der Waals surface area contributed by atoms with Crippen molar-refractivity contribution >= 4 is 0 Å². The van der Waals surface area contributed by atoms with Crippen LogP contribution in [-0.2, 0) is 0 Å². The summed E-state index contributed by atoms with van der Waals surface area (Å²) in [7, 11) is 0. The van der Waals surface area contributed by atoms with Crippen molar-refractivity contribution in [3.05, 3.63) is 0 Å². The fourth-order valence-electron chi connectivity index (χ4n) is 8.03. The lowest BCUT2D eigenvalue weighted by atomic mass is 9.62. The van der Waals surface area contributed by atoms with E-state index in [1.54, 1.807) is 0 Å². The van der Waals surface area contributed by atoms with Crippen molar-refractivity contribution in [1.29, 1.82) is 0 Å². The van der Waals surface area contributed by atoms with Crippen LogP contribution in [0.2, 0.25) is 0 Å². The lowest BCUT2D eigenvalue weighted by Crippen LogP contribution is -2.35. The molecular weight excluding hydrogens is 492 g/mol. The Morgan fingerprint density at radius 1 is 0.390 bits per heavy atom. The maximum Gasteiger partial charge on any atom is -0.0326 e. The lowest BCUT2D eigenvalue weighted by Gasteiger charge is -2.43. The summed E-state index contributed by atoms with van der Waals surface area (Å²) in [6, 6.07) is 0. The summed E-state index contributed by atoms with van der Waals surface area (Å²) in [6.07, 6.45) is 13.9. The van der Waals surface area contributed by atoms with E-state index in [4.69, 9.17) is 0 Å². The SMILES string of the molecule is CCC(C)C(C)C(C)CCCCCC(CCC(C)(C)C(C)C(C)C(C)C(C)C(C)C(C)CC)C(C)C(C)C(C)CC. The minimum Gasteiger partial charge on any atom is -0.0651 e. The van der Waals surface area contributed by atoms with Crippen LogP contribution in [0.4, 0.5) is 0 Å². The van der Waals surface area contributed by atoms with Gasteiger partial charge in [0.15, 0.2) is 0 Å². The van der Waals surface area contributed by atoms with Crippen LogP contribution in [0.1, 0.15) is 182 Å². The maximum atomic E-state index is 2.61. The van der Waals surface area contributed by atoms with E-state index < -0.39 is 0 Å². The van der Waals surface area contributed by atoms with Gasteiger partial charge in [-0.2, -0.15) is 0 Å². The molecule has 0 spiro atoms. The summed E-state index contributed by atoms with van der Waals surface area (Å²) in [5, 5.41) is 0. The van der Waals surface area contributed by atoms with Gasteiger partial charge in [-0.05, 0) is 95.2 Å².